The Balaban J connectivity index is 1.41. The number of hydrogen-bond acceptors (Lipinski definition) is 7. The summed E-state index contributed by atoms with van der Waals surface area (Å²) in [6, 6.07) is 8.59. The molecule has 4 aromatic heterocycles. The number of aromatic nitrogens is 6. The minimum Gasteiger partial charge on any atom is -0.496 e. The monoisotopic (exact) mass is 456 g/mol. The Labute approximate surface area is 196 Å². The average Bonchev–Trinajstić information content (AvgIpc) is 3.27. The maximum absolute atomic E-state index is 5.77. The van der Waals surface area contributed by atoms with Crippen LogP contribution in [-0.4, -0.2) is 43.6 Å². The molecule has 0 bridgehead atoms. The Morgan fingerprint density at radius 1 is 1.00 bits per heavy atom. The number of benzene rings is 1. The minimum absolute atomic E-state index is 0.367. The smallest absolute Gasteiger partial charge is 0.255 e. The van der Waals surface area contributed by atoms with Crippen molar-refractivity contribution in [2.45, 2.75) is 32.2 Å². The highest BCUT2D eigenvalue weighted by atomic mass is 16.5. The largest absolute Gasteiger partial charge is 0.496 e. The lowest BCUT2D eigenvalue weighted by molar-refractivity contribution is 0.393. The molecule has 0 aliphatic heterocycles. The van der Waals surface area contributed by atoms with Crippen molar-refractivity contribution in [2.24, 2.45) is 0 Å². The predicted molar refractivity (Wildman–Crippen MR) is 126 cm³/mol. The molecule has 4 heterocycles. The van der Waals surface area contributed by atoms with E-state index in [2.05, 4.69) is 43.3 Å². The molecule has 1 saturated carbocycles. The Bertz CT molecular complexity index is 1470. The Morgan fingerprint density at radius 2 is 1.79 bits per heavy atom. The van der Waals surface area contributed by atoms with Crippen LogP contribution in [0.3, 0.4) is 0 Å². The molecule has 6 rings (SSSR count). The number of imidazole rings is 1. The highest BCUT2D eigenvalue weighted by molar-refractivity contribution is 5.79. The first-order valence-electron chi connectivity index (χ1n) is 11.3. The molecule has 0 N–H and O–H groups in total. The third-order valence-corrected chi connectivity index (χ3v) is 6.15. The summed E-state index contributed by atoms with van der Waals surface area (Å²) in [7, 11) is 3.23. The van der Waals surface area contributed by atoms with Crippen LogP contribution < -0.4 is 9.47 Å². The molecule has 0 saturated heterocycles. The van der Waals surface area contributed by atoms with Gasteiger partial charge in [-0.1, -0.05) is 6.92 Å². The topological polar surface area (TPSA) is 92.5 Å². The zero-order chi connectivity index (χ0) is 23.2. The molecular weight excluding hydrogens is 432 g/mol. The van der Waals surface area contributed by atoms with Crippen LogP contribution in [0.15, 0.2) is 53.5 Å². The normalized spacial score (nSPS) is 13.5. The third kappa shape index (κ3) is 3.40. The SMILES string of the molecule is CCc1nnc(-c2c(OC)cc(-c3cnc4cc(-c5cnn(C6CC6)c5)ccn34)cc2OC)o1. The number of methoxy groups -OCH3 is 2. The van der Waals surface area contributed by atoms with Crippen molar-refractivity contribution >= 4 is 5.65 Å². The van der Waals surface area contributed by atoms with Gasteiger partial charge < -0.3 is 13.9 Å². The molecule has 1 aromatic carbocycles. The lowest BCUT2D eigenvalue weighted by atomic mass is 10.1. The van der Waals surface area contributed by atoms with Crippen molar-refractivity contribution < 1.29 is 13.9 Å². The van der Waals surface area contributed by atoms with E-state index in [9.17, 15) is 0 Å². The first-order valence-corrected chi connectivity index (χ1v) is 11.3. The summed E-state index contributed by atoms with van der Waals surface area (Å²) < 4.78 is 21.3. The maximum atomic E-state index is 5.77. The minimum atomic E-state index is 0.367. The van der Waals surface area contributed by atoms with Gasteiger partial charge in [0.15, 0.2) is 0 Å². The van der Waals surface area contributed by atoms with Crippen LogP contribution in [0.25, 0.3) is 39.5 Å². The lowest BCUT2D eigenvalue weighted by Crippen LogP contribution is -1.96. The van der Waals surface area contributed by atoms with Crippen LogP contribution >= 0.6 is 0 Å². The van der Waals surface area contributed by atoms with Crippen molar-refractivity contribution in [3.63, 3.8) is 0 Å². The zero-order valence-electron chi connectivity index (χ0n) is 19.2. The van der Waals surface area contributed by atoms with Gasteiger partial charge in [-0.25, -0.2) is 4.98 Å². The molecular formula is C25H24N6O3. The second-order valence-electron chi connectivity index (χ2n) is 8.34. The Kier molecular flexibility index (Phi) is 4.83. The van der Waals surface area contributed by atoms with Gasteiger partial charge in [-0.3, -0.25) is 9.08 Å². The molecule has 0 spiro atoms. The number of fused-ring (bicyclic) bond motifs is 1. The van der Waals surface area contributed by atoms with Gasteiger partial charge in [0.25, 0.3) is 5.89 Å². The fourth-order valence-electron chi connectivity index (χ4n) is 4.17. The predicted octanol–water partition coefficient (Wildman–Crippen LogP) is 4.83. The van der Waals surface area contributed by atoms with Crippen LogP contribution in [0.1, 0.15) is 31.7 Å². The first kappa shape index (κ1) is 20.5. The van der Waals surface area contributed by atoms with Crippen LogP contribution in [0.5, 0.6) is 11.5 Å². The van der Waals surface area contributed by atoms with Gasteiger partial charge in [0.05, 0.1) is 38.3 Å². The van der Waals surface area contributed by atoms with Crippen LogP contribution in [0.2, 0.25) is 0 Å². The summed E-state index contributed by atoms with van der Waals surface area (Å²) in [6.07, 6.45) is 11.0. The van der Waals surface area contributed by atoms with E-state index in [1.54, 1.807) is 14.2 Å². The number of rotatable bonds is 7. The fraction of sp³-hybridized carbons (Fsp3) is 0.280. The molecule has 9 nitrogen and oxygen atoms in total. The zero-order valence-corrected chi connectivity index (χ0v) is 19.2. The van der Waals surface area contributed by atoms with E-state index in [4.69, 9.17) is 13.9 Å². The van der Waals surface area contributed by atoms with E-state index < -0.39 is 0 Å². The molecule has 0 atom stereocenters. The van der Waals surface area contributed by atoms with Gasteiger partial charge in [0, 0.05) is 29.9 Å². The Morgan fingerprint density at radius 3 is 2.47 bits per heavy atom. The molecule has 5 aromatic rings. The maximum Gasteiger partial charge on any atom is 0.255 e. The molecule has 34 heavy (non-hydrogen) atoms. The summed E-state index contributed by atoms with van der Waals surface area (Å²) in [5.41, 5.74) is 5.47. The van der Waals surface area contributed by atoms with Crippen molar-refractivity contribution in [2.75, 3.05) is 14.2 Å². The summed E-state index contributed by atoms with van der Waals surface area (Å²) >= 11 is 0. The van der Waals surface area contributed by atoms with Gasteiger partial charge in [0.1, 0.15) is 22.7 Å². The molecule has 1 fully saturated rings. The van der Waals surface area contributed by atoms with Crippen molar-refractivity contribution in [3.8, 4) is 45.3 Å². The number of hydrogen-bond donors (Lipinski definition) is 0. The van der Waals surface area contributed by atoms with Gasteiger partial charge in [-0.2, -0.15) is 5.10 Å². The summed E-state index contributed by atoms with van der Waals surface area (Å²) in [5, 5.41) is 12.8. The summed E-state index contributed by atoms with van der Waals surface area (Å²) in [5.74, 6) is 2.09. The number of nitrogens with zero attached hydrogens (tertiary/aromatic N) is 6. The number of aryl methyl sites for hydroxylation is 1. The van der Waals surface area contributed by atoms with Gasteiger partial charge in [0.2, 0.25) is 5.89 Å². The molecule has 9 heteroatoms. The van der Waals surface area contributed by atoms with Crippen molar-refractivity contribution in [3.05, 3.63) is 54.9 Å². The molecule has 172 valence electrons. The molecule has 1 aliphatic rings. The van der Waals surface area contributed by atoms with Gasteiger partial charge in [-0.05, 0) is 42.7 Å². The highest BCUT2D eigenvalue weighted by Crippen LogP contribution is 2.42. The first-order chi connectivity index (χ1) is 16.7. The molecule has 0 unspecified atom stereocenters. The van der Waals surface area contributed by atoms with Gasteiger partial charge >= 0.3 is 0 Å². The lowest BCUT2D eigenvalue weighted by Gasteiger charge is -2.13. The van der Waals surface area contributed by atoms with Crippen LogP contribution in [-0.2, 0) is 6.42 Å². The fourth-order valence-corrected chi connectivity index (χ4v) is 4.17. The highest BCUT2D eigenvalue weighted by Gasteiger charge is 2.25. The molecule has 1 aliphatic carbocycles. The van der Waals surface area contributed by atoms with Gasteiger partial charge in [-0.15, -0.1) is 10.2 Å². The van der Waals surface area contributed by atoms with E-state index >= 15 is 0 Å². The number of pyridine rings is 1. The average molecular weight is 457 g/mol. The summed E-state index contributed by atoms with van der Waals surface area (Å²) in [6.45, 7) is 1.96. The quantitative estimate of drug-likeness (QED) is 0.346. The molecule has 0 amide bonds. The van der Waals surface area contributed by atoms with E-state index in [0.29, 0.717) is 41.3 Å². The Hall–Kier alpha value is -4.14. The summed E-state index contributed by atoms with van der Waals surface area (Å²) in [4.78, 5) is 4.65. The third-order valence-electron chi connectivity index (χ3n) is 6.15. The molecule has 0 radical (unpaired) electrons. The van der Waals surface area contributed by atoms with E-state index in [-0.39, 0.29) is 0 Å². The van der Waals surface area contributed by atoms with E-state index in [0.717, 1.165) is 28.0 Å². The van der Waals surface area contributed by atoms with E-state index in [1.807, 2.05) is 42.0 Å². The van der Waals surface area contributed by atoms with Crippen LogP contribution in [0.4, 0.5) is 0 Å². The van der Waals surface area contributed by atoms with Crippen LogP contribution in [0, 0.1) is 0 Å². The second-order valence-corrected chi connectivity index (χ2v) is 8.34. The van der Waals surface area contributed by atoms with Crippen molar-refractivity contribution in [1.82, 2.24) is 29.4 Å². The van der Waals surface area contributed by atoms with Crippen molar-refractivity contribution in [1.29, 1.82) is 0 Å². The van der Waals surface area contributed by atoms with E-state index in [1.165, 1.54) is 12.8 Å². The second kappa shape index (κ2) is 8.02. The standard InChI is InChI=1S/C25H24N6O3/c1-4-23-28-29-25(34-23)24-20(32-2)9-16(10-21(24)33-3)19-13-26-22-11-15(7-8-30(19)22)17-12-27-31(14-17)18-5-6-18/h7-14,18H,4-6H2,1-3H3. The number of ether oxygens (including phenoxy) is 2.